The lowest BCUT2D eigenvalue weighted by molar-refractivity contribution is -0.159. The Balaban J connectivity index is 1.86. The van der Waals surface area contributed by atoms with Gasteiger partial charge < -0.3 is 4.52 Å². The number of hydrogen-bond acceptors (Lipinski definition) is 6. The first-order valence-electron chi connectivity index (χ1n) is 5.98. The van der Waals surface area contributed by atoms with Gasteiger partial charge in [-0.3, -0.25) is 0 Å². The highest BCUT2D eigenvalue weighted by Crippen LogP contribution is 2.31. The number of alkyl halides is 3. The predicted octanol–water partition coefficient (Wildman–Crippen LogP) is 3.70. The van der Waals surface area contributed by atoms with Crippen LogP contribution in [-0.2, 0) is 6.18 Å². The third-order valence-corrected chi connectivity index (χ3v) is 3.40. The number of halogens is 3. The molecule has 0 atom stereocenters. The van der Waals surface area contributed by atoms with Crippen molar-refractivity contribution in [3.63, 3.8) is 0 Å². The van der Waals surface area contributed by atoms with E-state index < -0.39 is 12.1 Å². The molecule has 0 aliphatic rings. The van der Waals surface area contributed by atoms with Crippen molar-refractivity contribution in [3.05, 3.63) is 48.6 Å². The van der Waals surface area contributed by atoms with Gasteiger partial charge in [0.1, 0.15) is 0 Å². The number of nitrogens with zero attached hydrogens (tertiary/aromatic N) is 4. The van der Waals surface area contributed by atoms with E-state index >= 15 is 0 Å². The van der Waals surface area contributed by atoms with E-state index in [1.807, 2.05) is 0 Å². The van der Waals surface area contributed by atoms with Crippen LogP contribution in [0.5, 0.6) is 0 Å². The molecule has 0 saturated carbocycles. The van der Waals surface area contributed by atoms with Crippen molar-refractivity contribution in [3.8, 4) is 11.4 Å². The summed E-state index contributed by atoms with van der Waals surface area (Å²) < 4.78 is 41.6. The summed E-state index contributed by atoms with van der Waals surface area (Å²) in [4.78, 5) is 12.2. The maximum absolute atomic E-state index is 12.5. The first-order chi connectivity index (χ1) is 10.5. The molecule has 3 rings (SSSR count). The van der Waals surface area contributed by atoms with E-state index in [-0.39, 0.29) is 5.82 Å². The fourth-order valence-corrected chi connectivity index (χ4v) is 2.37. The van der Waals surface area contributed by atoms with E-state index in [9.17, 15) is 13.2 Å². The number of benzene rings is 1. The molecule has 0 bridgehead atoms. The lowest BCUT2D eigenvalue weighted by Crippen LogP contribution is -2.04. The van der Waals surface area contributed by atoms with Crippen LogP contribution in [0, 0.1) is 0 Å². The van der Waals surface area contributed by atoms with Crippen LogP contribution in [0.25, 0.3) is 11.4 Å². The molecule has 0 amide bonds. The molecule has 2 aromatic heterocycles. The molecule has 5 nitrogen and oxygen atoms in total. The molecule has 3 aromatic rings. The van der Waals surface area contributed by atoms with Gasteiger partial charge in [-0.2, -0.15) is 18.2 Å². The molecule has 22 heavy (non-hydrogen) atoms. The highest BCUT2D eigenvalue weighted by molar-refractivity contribution is 7.99. The maximum Gasteiger partial charge on any atom is 0.471 e. The molecule has 0 N–H and O–H groups in total. The van der Waals surface area contributed by atoms with E-state index in [2.05, 4.69) is 24.6 Å². The van der Waals surface area contributed by atoms with Gasteiger partial charge in [-0.1, -0.05) is 17.3 Å². The first kappa shape index (κ1) is 14.5. The third-order valence-electron chi connectivity index (χ3n) is 2.51. The van der Waals surface area contributed by atoms with Crippen LogP contribution in [-0.4, -0.2) is 20.1 Å². The van der Waals surface area contributed by atoms with Crippen molar-refractivity contribution >= 4 is 11.8 Å². The van der Waals surface area contributed by atoms with Crippen LogP contribution in [0.4, 0.5) is 13.2 Å². The van der Waals surface area contributed by atoms with Gasteiger partial charge in [-0.05, 0) is 30.0 Å². The Hall–Kier alpha value is -2.42. The van der Waals surface area contributed by atoms with Gasteiger partial charge in [0, 0.05) is 22.9 Å². The summed E-state index contributed by atoms with van der Waals surface area (Å²) in [5, 5.41) is 3.89. The van der Waals surface area contributed by atoms with Crippen molar-refractivity contribution in [1.82, 2.24) is 20.1 Å². The lowest BCUT2D eigenvalue weighted by atomic mass is 10.2. The number of rotatable bonds is 3. The molecule has 0 saturated heterocycles. The van der Waals surface area contributed by atoms with Crippen molar-refractivity contribution in [2.75, 3.05) is 0 Å². The summed E-state index contributed by atoms with van der Waals surface area (Å²) >= 11 is 1.28. The maximum atomic E-state index is 12.5. The number of hydrogen-bond donors (Lipinski definition) is 0. The molecule has 0 aliphatic carbocycles. The minimum Gasteiger partial charge on any atom is -0.329 e. The quantitative estimate of drug-likeness (QED) is 0.685. The van der Waals surface area contributed by atoms with E-state index in [0.717, 1.165) is 4.90 Å². The van der Waals surface area contributed by atoms with Gasteiger partial charge in [0.2, 0.25) is 5.82 Å². The topological polar surface area (TPSA) is 64.7 Å². The zero-order valence-electron chi connectivity index (χ0n) is 10.8. The second kappa shape index (κ2) is 5.76. The zero-order valence-corrected chi connectivity index (χ0v) is 11.6. The summed E-state index contributed by atoms with van der Waals surface area (Å²) in [5.41, 5.74) is 0.417. The minimum atomic E-state index is -4.66. The van der Waals surface area contributed by atoms with Crippen molar-refractivity contribution in [1.29, 1.82) is 0 Å². The molecule has 112 valence electrons. The van der Waals surface area contributed by atoms with E-state index in [0.29, 0.717) is 10.7 Å². The van der Waals surface area contributed by atoms with Crippen LogP contribution in [0.2, 0.25) is 0 Å². The Morgan fingerprint density at radius 2 is 1.82 bits per heavy atom. The Kier molecular flexibility index (Phi) is 3.80. The second-order valence-electron chi connectivity index (χ2n) is 4.08. The Morgan fingerprint density at radius 3 is 2.50 bits per heavy atom. The highest BCUT2D eigenvalue weighted by Gasteiger charge is 2.38. The molecular formula is C13H7F3N4OS. The Bertz CT molecular complexity index is 776. The highest BCUT2D eigenvalue weighted by atomic mass is 32.2. The first-order valence-corrected chi connectivity index (χ1v) is 6.80. The van der Waals surface area contributed by atoms with Gasteiger partial charge >= 0.3 is 12.1 Å². The number of aromatic nitrogens is 4. The Morgan fingerprint density at radius 1 is 1.05 bits per heavy atom. The normalized spacial score (nSPS) is 11.6. The average molecular weight is 324 g/mol. The van der Waals surface area contributed by atoms with Gasteiger partial charge in [0.25, 0.3) is 0 Å². The van der Waals surface area contributed by atoms with Gasteiger partial charge in [0.15, 0.2) is 5.16 Å². The van der Waals surface area contributed by atoms with Crippen LogP contribution in [0.15, 0.2) is 57.3 Å². The van der Waals surface area contributed by atoms with Crippen LogP contribution in [0.1, 0.15) is 5.89 Å². The fourth-order valence-electron chi connectivity index (χ4n) is 1.60. The van der Waals surface area contributed by atoms with Crippen molar-refractivity contribution in [2.45, 2.75) is 16.2 Å². The molecule has 0 fully saturated rings. The fraction of sp³-hybridized carbons (Fsp3) is 0.0769. The van der Waals surface area contributed by atoms with Gasteiger partial charge in [-0.25, -0.2) is 9.97 Å². The summed E-state index contributed by atoms with van der Waals surface area (Å²) in [7, 11) is 0. The van der Waals surface area contributed by atoms with Crippen molar-refractivity contribution in [2.24, 2.45) is 0 Å². The van der Waals surface area contributed by atoms with Gasteiger partial charge in [-0.15, -0.1) is 0 Å². The molecule has 0 radical (unpaired) electrons. The minimum absolute atomic E-state index is 0.122. The lowest BCUT2D eigenvalue weighted by Gasteiger charge is -2.01. The predicted molar refractivity (Wildman–Crippen MR) is 70.9 cm³/mol. The molecule has 2 heterocycles. The smallest absolute Gasteiger partial charge is 0.329 e. The third kappa shape index (κ3) is 3.25. The molecule has 0 unspecified atom stereocenters. The van der Waals surface area contributed by atoms with Crippen LogP contribution in [0.3, 0.4) is 0 Å². The second-order valence-corrected chi connectivity index (χ2v) is 5.12. The standard InChI is InChI=1S/C13H7F3N4OS/c14-13(15,16)11-19-10(20-21-11)8-3-1-4-9(7-8)22-12-17-5-2-6-18-12/h1-7H. The van der Waals surface area contributed by atoms with Crippen LogP contribution >= 0.6 is 11.8 Å². The SMILES string of the molecule is FC(F)(F)c1nc(-c2cccc(Sc3ncccn3)c2)no1. The molecule has 0 spiro atoms. The average Bonchev–Trinajstić information content (AvgIpc) is 2.99. The summed E-state index contributed by atoms with van der Waals surface area (Å²) in [5.74, 6) is -1.49. The van der Waals surface area contributed by atoms with Crippen molar-refractivity contribution < 1.29 is 17.7 Å². The van der Waals surface area contributed by atoms with E-state index in [1.54, 1.807) is 42.7 Å². The van der Waals surface area contributed by atoms with E-state index in [1.165, 1.54) is 11.8 Å². The van der Waals surface area contributed by atoms with Gasteiger partial charge in [0.05, 0.1) is 0 Å². The monoisotopic (exact) mass is 324 g/mol. The molecule has 0 aliphatic heterocycles. The molecular weight excluding hydrogens is 317 g/mol. The molecule has 9 heteroatoms. The largest absolute Gasteiger partial charge is 0.471 e. The summed E-state index contributed by atoms with van der Waals surface area (Å²) in [6.07, 6.45) is -1.45. The Labute approximate surface area is 126 Å². The summed E-state index contributed by atoms with van der Waals surface area (Å²) in [6.45, 7) is 0. The van der Waals surface area contributed by atoms with E-state index in [4.69, 9.17) is 0 Å². The summed E-state index contributed by atoms with van der Waals surface area (Å²) in [6, 6.07) is 8.41. The van der Waals surface area contributed by atoms with Crippen LogP contribution < -0.4 is 0 Å². The molecule has 1 aromatic carbocycles. The zero-order chi connectivity index (χ0) is 15.6.